The van der Waals surface area contributed by atoms with Crippen LogP contribution in [0, 0.1) is 17.8 Å². The summed E-state index contributed by atoms with van der Waals surface area (Å²) in [5, 5.41) is 0. The van der Waals surface area contributed by atoms with Crippen molar-refractivity contribution in [3.05, 3.63) is 0 Å². The van der Waals surface area contributed by atoms with Crippen molar-refractivity contribution in [3.63, 3.8) is 0 Å². The van der Waals surface area contributed by atoms with Gasteiger partial charge in [-0.1, -0.05) is 34.1 Å². The molecule has 0 aliphatic carbocycles. The Kier molecular flexibility index (Phi) is 6.03. The molecule has 0 nitrogen and oxygen atoms in total. The van der Waals surface area contributed by atoms with Gasteiger partial charge in [0.2, 0.25) is 0 Å². The highest BCUT2D eigenvalue weighted by Gasteiger charge is 2.15. The Labute approximate surface area is 76.3 Å². The topological polar surface area (TPSA) is 0 Å². The number of rotatable bonds is 5. The molecule has 0 aliphatic rings. The van der Waals surface area contributed by atoms with Crippen molar-refractivity contribution < 1.29 is 0 Å². The maximum Gasteiger partial charge on any atom is 0.0254 e. The first kappa shape index (κ1) is 11.3. The summed E-state index contributed by atoms with van der Waals surface area (Å²) < 4.78 is 0. The molecule has 0 saturated heterocycles. The average Bonchev–Trinajstić information content (AvgIpc) is 1.98. The molecule has 0 fully saturated rings. The van der Waals surface area contributed by atoms with Gasteiger partial charge in [0.15, 0.2) is 0 Å². The molecule has 1 heteroatoms. The van der Waals surface area contributed by atoms with Gasteiger partial charge in [0.25, 0.3) is 0 Å². The fourth-order valence-corrected chi connectivity index (χ4v) is 1.82. The summed E-state index contributed by atoms with van der Waals surface area (Å²) in [7, 11) is 0. The van der Waals surface area contributed by atoms with Crippen LogP contribution in [0.25, 0.3) is 0 Å². The van der Waals surface area contributed by atoms with Gasteiger partial charge in [-0.15, -0.1) is 11.6 Å². The highest BCUT2D eigenvalue weighted by molar-refractivity contribution is 6.18. The van der Waals surface area contributed by atoms with Crippen LogP contribution in [0.3, 0.4) is 0 Å². The van der Waals surface area contributed by atoms with Crippen LogP contribution in [0.4, 0.5) is 0 Å². The molecule has 0 bridgehead atoms. The predicted molar refractivity (Wildman–Crippen MR) is 53.1 cm³/mol. The Morgan fingerprint density at radius 1 is 1.18 bits per heavy atom. The molecule has 0 saturated carbocycles. The minimum atomic E-state index is 0.724. The van der Waals surface area contributed by atoms with Crippen molar-refractivity contribution in [2.45, 2.75) is 40.5 Å². The Bertz CT molecular complexity index is 88.9. The molecule has 0 aromatic carbocycles. The van der Waals surface area contributed by atoms with E-state index >= 15 is 0 Å². The van der Waals surface area contributed by atoms with E-state index in [2.05, 4.69) is 27.7 Å². The molecule has 68 valence electrons. The third kappa shape index (κ3) is 4.68. The normalized spacial score (nSPS) is 16.9. The van der Waals surface area contributed by atoms with Crippen molar-refractivity contribution in [1.82, 2.24) is 0 Å². The molecule has 2 unspecified atom stereocenters. The van der Waals surface area contributed by atoms with Gasteiger partial charge in [-0.25, -0.2) is 0 Å². The van der Waals surface area contributed by atoms with Crippen molar-refractivity contribution in [2.75, 3.05) is 5.88 Å². The van der Waals surface area contributed by atoms with E-state index in [-0.39, 0.29) is 0 Å². The minimum Gasteiger partial charge on any atom is -0.126 e. The van der Waals surface area contributed by atoms with E-state index in [0.717, 1.165) is 23.6 Å². The second-order valence-corrected chi connectivity index (χ2v) is 4.24. The minimum absolute atomic E-state index is 0.724. The number of hydrogen-bond donors (Lipinski definition) is 0. The highest BCUT2D eigenvalue weighted by atomic mass is 35.5. The number of halogens is 1. The number of hydrogen-bond acceptors (Lipinski definition) is 0. The summed E-state index contributed by atoms with van der Waals surface area (Å²) in [6.07, 6.45) is 2.53. The van der Waals surface area contributed by atoms with E-state index in [1.807, 2.05) is 0 Å². The van der Waals surface area contributed by atoms with Crippen LogP contribution in [-0.4, -0.2) is 5.88 Å². The van der Waals surface area contributed by atoms with E-state index in [1.165, 1.54) is 12.8 Å². The van der Waals surface area contributed by atoms with Crippen molar-refractivity contribution >= 4 is 11.6 Å². The lowest BCUT2D eigenvalue weighted by atomic mass is 9.86. The first-order valence-electron chi connectivity index (χ1n) is 4.67. The largest absolute Gasteiger partial charge is 0.126 e. The van der Waals surface area contributed by atoms with Crippen molar-refractivity contribution in [3.8, 4) is 0 Å². The van der Waals surface area contributed by atoms with Gasteiger partial charge < -0.3 is 0 Å². The molecule has 11 heavy (non-hydrogen) atoms. The molecule has 0 rings (SSSR count). The lowest BCUT2D eigenvalue weighted by molar-refractivity contribution is 0.320. The van der Waals surface area contributed by atoms with Crippen LogP contribution >= 0.6 is 11.6 Å². The molecule has 0 aromatic heterocycles. The zero-order valence-corrected chi connectivity index (χ0v) is 8.99. The zero-order chi connectivity index (χ0) is 8.85. The van der Waals surface area contributed by atoms with Crippen LogP contribution in [0.15, 0.2) is 0 Å². The summed E-state index contributed by atoms with van der Waals surface area (Å²) in [6.45, 7) is 9.07. The standard InChI is InChI=1S/C10H21Cl/c1-5-9(4)10(7-11)6-8(2)3/h8-10H,5-7H2,1-4H3. The Morgan fingerprint density at radius 3 is 2.00 bits per heavy atom. The van der Waals surface area contributed by atoms with Crippen LogP contribution in [0.2, 0.25) is 0 Å². The van der Waals surface area contributed by atoms with Gasteiger partial charge in [0.05, 0.1) is 0 Å². The maximum atomic E-state index is 5.89. The first-order chi connectivity index (χ1) is 5.11. The summed E-state index contributed by atoms with van der Waals surface area (Å²) in [5.41, 5.74) is 0. The van der Waals surface area contributed by atoms with Gasteiger partial charge in [-0.05, 0) is 24.2 Å². The zero-order valence-electron chi connectivity index (χ0n) is 8.23. The quantitative estimate of drug-likeness (QED) is 0.557. The fourth-order valence-electron chi connectivity index (χ4n) is 1.39. The van der Waals surface area contributed by atoms with Crippen LogP contribution in [-0.2, 0) is 0 Å². The lowest BCUT2D eigenvalue weighted by Gasteiger charge is -2.22. The summed E-state index contributed by atoms with van der Waals surface area (Å²) in [6, 6.07) is 0. The smallest absolute Gasteiger partial charge is 0.0254 e. The molecule has 0 aromatic rings. The monoisotopic (exact) mass is 176 g/mol. The first-order valence-corrected chi connectivity index (χ1v) is 5.21. The Hall–Kier alpha value is 0.290. The third-order valence-corrected chi connectivity index (χ3v) is 2.82. The van der Waals surface area contributed by atoms with Gasteiger partial charge in [-0.3, -0.25) is 0 Å². The predicted octanol–water partition coefficient (Wildman–Crippen LogP) is 3.93. The lowest BCUT2D eigenvalue weighted by Crippen LogP contribution is -2.15. The summed E-state index contributed by atoms with van der Waals surface area (Å²) in [5.74, 6) is 3.12. The Balaban J connectivity index is 3.74. The molecule has 0 aliphatic heterocycles. The second-order valence-electron chi connectivity index (χ2n) is 3.93. The average molecular weight is 177 g/mol. The van der Waals surface area contributed by atoms with Crippen molar-refractivity contribution in [2.24, 2.45) is 17.8 Å². The van der Waals surface area contributed by atoms with E-state index in [9.17, 15) is 0 Å². The summed E-state index contributed by atoms with van der Waals surface area (Å²) in [4.78, 5) is 0. The van der Waals surface area contributed by atoms with Crippen LogP contribution in [0.5, 0.6) is 0 Å². The molecular formula is C10H21Cl. The van der Waals surface area contributed by atoms with E-state index in [1.54, 1.807) is 0 Å². The van der Waals surface area contributed by atoms with E-state index < -0.39 is 0 Å². The maximum absolute atomic E-state index is 5.89. The van der Waals surface area contributed by atoms with Gasteiger partial charge in [0.1, 0.15) is 0 Å². The fraction of sp³-hybridized carbons (Fsp3) is 1.00. The molecular weight excluding hydrogens is 156 g/mol. The van der Waals surface area contributed by atoms with Crippen LogP contribution in [0.1, 0.15) is 40.5 Å². The van der Waals surface area contributed by atoms with Gasteiger partial charge in [0, 0.05) is 5.88 Å². The SMILES string of the molecule is CCC(C)C(CCl)CC(C)C. The second kappa shape index (κ2) is 5.88. The molecule has 0 spiro atoms. The van der Waals surface area contributed by atoms with E-state index in [0.29, 0.717) is 0 Å². The van der Waals surface area contributed by atoms with Gasteiger partial charge in [-0.2, -0.15) is 0 Å². The molecule has 0 heterocycles. The van der Waals surface area contributed by atoms with E-state index in [4.69, 9.17) is 11.6 Å². The van der Waals surface area contributed by atoms with Gasteiger partial charge >= 0.3 is 0 Å². The molecule has 0 N–H and O–H groups in total. The molecule has 2 atom stereocenters. The van der Waals surface area contributed by atoms with Crippen molar-refractivity contribution in [1.29, 1.82) is 0 Å². The summed E-state index contributed by atoms with van der Waals surface area (Å²) >= 11 is 5.89. The Morgan fingerprint density at radius 2 is 1.73 bits per heavy atom. The highest BCUT2D eigenvalue weighted by Crippen LogP contribution is 2.23. The third-order valence-electron chi connectivity index (χ3n) is 2.42. The molecule has 0 amide bonds. The number of alkyl halides is 1. The van der Waals surface area contributed by atoms with Crippen LogP contribution < -0.4 is 0 Å². The molecule has 0 radical (unpaired) electrons.